The third-order valence-electron chi connectivity index (χ3n) is 4.02. The molecule has 0 spiro atoms. The Hall–Kier alpha value is -2.97. The number of rotatable bonds is 3. The zero-order chi connectivity index (χ0) is 17.1. The van der Waals surface area contributed by atoms with Crippen molar-refractivity contribution in [3.63, 3.8) is 0 Å². The Kier molecular flexibility index (Phi) is 4.41. The number of nitrogens with one attached hydrogen (secondary N) is 1. The fourth-order valence-corrected chi connectivity index (χ4v) is 2.86. The molecule has 0 bridgehead atoms. The van der Waals surface area contributed by atoms with Crippen LogP contribution in [0.25, 0.3) is 5.69 Å². The molecule has 1 N–H and O–H groups in total. The fourth-order valence-electron chi connectivity index (χ4n) is 2.86. The Bertz CT molecular complexity index is 746. The second-order valence-corrected chi connectivity index (χ2v) is 5.57. The lowest BCUT2D eigenvalue weighted by molar-refractivity contribution is -0.119. The van der Waals surface area contributed by atoms with Crippen LogP contribution in [0.2, 0.25) is 0 Å². The van der Waals surface area contributed by atoms with Crippen LogP contribution in [0.5, 0.6) is 0 Å². The van der Waals surface area contributed by atoms with Crippen LogP contribution in [0.3, 0.4) is 0 Å². The molecule has 1 saturated heterocycles. The van der Waals surface area contributed by atoms with Gasteiger partial charge in [0.25, 0.3) is 0 Å². The van der Waals surface area contributed by atoms with E-state index in [0.717, 1.165) is 17.7 Å². The highest BCUT2D eigenvalue weighted by atomic mass is 16.5. The van der Waals surface area contributed by atoms with Gasteiger partial charge in [-0.3, -0.25) is 9.69 Å². The monoisotopic (exact) mass is 330 g/mol. The van der Waals surface area contributed by atoms with E-state index < -0.39 is 12.1 Å². The first-order chi connectivity index (χ1) is 11.6. The molecule has 1 atom stereocenters. The molecule has 9 heteroatoms. The van der Waals surface area contributed by atoms with Crippen molar-refractivity contribution in [2.24, 2.45) is 0 Å². The SMILES string of the molecule is COC(=O)N1CCCC1C(=O)Nc1ccc(-n2cnnn2)c(C)c1. The van der Waals surface area contributed by atoms with Crippen LogP contribution >= 0.6 is 0 Å². The lowest BCUT2D eigenvalue weighted by atomic mass is 10.1. The van der Waals surface area contributed by atoms with Crippen LogP contribution in [0.1, 0.15) is 18.4 Å². The number of hydrogen-bond donors (Lipinski definition) is 1. The number of anilines is 1. The van der Waals surface area contributed by atoms with Crippen LogP contribution in [0.4, 0.5) is 10.5 Å². The van der Waals surface area contributed by atoms with E-state index in [1.165, 1.54) is 18.3 Å². The summed E-state index contributed by atoms with van der Waals surface area (Å²) in [5, 5.41) is 13.9. The van der Waals surface area contributed by atoms with Gasteiger partial charge >= 0.3 is 6.09 Å². The average Bonchev–Trinajstić information content (AvgIpc) is 3.25. The maximum absolute atomic E-state index is 12.5. The highest BCUT2D eigenvalue weighted by Gasteiger charge is 2.34. The second-order valence-electron chi connectivity index (χ2n) is 5.57. The van der Waals surface area contributed by atoms with E-state index in [9.17, 15) is 9.59 Å². The predicted octanol–water partition coefficient (Wildman–Crippen LogP) is 1.14. The third-order valence-corrected chi connectivity index (χ3v) is 4.02. The Labute approximate surface area is 138 Å². The molecule has 24 heavy (non-hydrogen) atoms. The van der Waals surface area contributed by atoms with E-state index in [0.29, 0.717) is 18.7 Å². The van der Waals surface area contributed by atoms with Gasteiger partial charge in [0.15, 0.2) is 0 Å². The van der Waals surface area contributed by atoms with Crippen molar-refractivity contribution in [3.05, 3.63) is 30.1 Å². The number of methoxy groups -OCH3 is 1. The number of likely N-dealkylation sites (tertiary alicyclic amines) is 1. The maximum atomic E-state index is 12.5. The fraction of sp³-hybridized carbons (Fsp3) is 0.400. The highest BCUT2D eigenvalue weighted by molar-refractivity contribution is 5.97. The summed E-state index contributed by atoms with van der Waals surface area (Å²) in [7, 11) is 1.32. The summed E-state index contributed by atoms with van der Waals surface area (Å²) in [4.78, 5) is 25.6. The van der Waals surface area contributed by atoms with E-state index in [4.69, 9.17) is 4.74 Å². The second kappa shape index (κ2) is 6.65. The summed E-state index contributed by atoms with van der Waals surface area (Å²) >= 11 is 0. The molecule has 1 aromatic carbocycles. The predicted molar refractivity (Wildman–Crippen MR) is 84.7 cm³/mol. The molecule has 0 aliphatic carbocycles. The van der Waals surface area contributed by atoms with Gasteiger partial charge in [-0.2, -0.15) is 0 Å². The molecule has 1 aliphatic heterocycles. The lowest BCUT2D eigenvalue weighted by Gasteiger charge is -2.22. The van der Waals surface area contributed by atoms with Crippen LogP contribution in [-0.4, -0.2) is 56.8 Å². The number of tetrazole rings is 1. The average molecular weight is 330 g/mol. The van der Waals surface area contributed by atoms with Crippen molar-refractivity contribution in [1.29, 1.82) is 0 Å². The minimum absolute atomic E-state index is 0.215. The number of nitrogens with zero attached hydrogens (tertiary/aromatic N) is 5. The van der Waals surface area contributed by atoms with Crippen LogP contribution in [0.15, 0.2) is 24.5 Å². The van der Waals surface area contributed by atoms with E-state index in [-0.39, 0.29) is 5.91 Å². The summed E-state index contributed by atoms with van der Waals surface area (Å²) in [6.07, 6.45) is 2.44. The molecule has 2 aromatic rings. The Morgan fingerprint density at radius 3 is 2.88 bits per heavy atom. The molecular weight excluding hydrogens is 312 g/mol. The molecule has 1 aliphatic rings. The van der Waals surface area contributed by atoms with Gasteiger partial charge in [-0.25, -0.2) is 9.48 Å². The number of aromatic nitrogens is 4. The summed E-state index contributed by atoms with van der Waals surface area (Å²) in [5.41, 5.74) is 2.40. The molecule has 1 fully saturated rings. The molecular formula is C15H18N6O3. The van der Waals surface area contributed by atoms with Crippen molar-refractivity contribution >= 4 is 17.7 Å². The summed E-state index contributed by atoms with van der Waals surface area (Å²) in [6, 6.07) is 4.94. The van der Waals surface area contributed by atoms with Crippen molar-refractivity contribution in [2.45, 2.75) is 25.8 Å². The van der Waals surface area contributed by atoms with Crippen LogP contribution in [0, 0.1) is 6.92 Å². The van der Waals surface area contributed by atoms with E-state index >= 15 is 0 Å². The summed E-state index contributed by atoms with van der Waals surface area (Å²) < 4.78 is 6.28. The molecule has 2 amide bonds. The topological polar surface area (TPSA) is 102 Å². The van der Waals surface area contributed by atoms with Gasteiger partial charge in [-0.05, 0) is 54.0 Å². The van der Waals surface area contributed by atoms with Crippen LogP contribution in [-0.2, 0) is 9.53 Å². The number of hydrogen-bond acceptors (Lipinski definition) is 6. The number of ether oxygens (including phenoxy) is 1. The third kappa shape index (κ3) is 3.05. The molecule has 9 nitrogen and oxygen atoms in total. The van der Waals surface area contributed by atoms with Crippen molar-refractivity contribution in [1.82, 2.24) is 25.1 Å². The van der Waals surface area contributed by atoms with Gasteiger partial charge in [-0.15, -0.1) is 5.10 Å². The van der Waals surface area contributed by atoms with Gasteiger partial charge < -0.3 is 10.1 Å². The number of benzene rings is 1. The maximum Gasteiger partial charge on any atom is 0.410 e. The Morgan fingerprint density at radius 1 is 1.38 bits per heavy atom. The zero-order valence-electron chi connectivity index (χ0n) is 13.5. The van der Waals surface area contributed by atoms with E-state index in [1.807, 2.05) is 19.1 Å². The minimum Gasteiger partial charge on any atom is -0.453 e. The summed E-state index contributed by atoms with van der Waals surface area (Å²) in [6.45, 7) is 2.44. The molecule has 1 unspecified atom stereocenters. The van der Waals surface area contributed by atoms with E-state index in [2.05, 4.69) is 20.8 Å². The number of carbonyl (C=O) groups excluding carboxylic acids is 2. The lowest BCUT2D eigenvalue weighted by Crippen LogP contribution is -2.43. The van der Waals surface area contributed by atoms with Crippen LogP contribution < -0.4 is 5.32 Å². The number of aryl methyl sites for hydroxylation is 1. The standard InChI is InChI=1S/C15H18N6O3/c1-10-8-11(5-6-12(10)21-9-16-18-19-21)17-14(22)13-4-3-7-20(13)15(23)24-2/h5-6,8-9,13H,3-4,7H2,1-2H3,(H,17,22). The first-order valence-corrected chi connectivity index (χ1v) is 7.59. The number of carbonyl (C=O) groups is 2. The van der Waals surface area contributed by atoms with Gasteiger partial charge in [-0.1, -0.05) is 0 Å². The molecule has 0 radical (unpaired) electrons. The number of amides is 2. The summed E-state index contributed by atoms with van der Waals surface area (Å²) in [5.74, 6) is -0.215. The quantitative estimate of drug-likeness (QED) is 0.905. The first-order valence-electron chi connectivity index (χ1n) is 7.59. The van der Waals surface area contributed by atoms with Gasteiger partial charge in [0.2, 0.25) is 5.91 Å². The van der Waals surface area contributed by atoms with Crippen molar-refractivity contribution in [3.8, 4) is 5.69 Å². The minimum atomic E-state index is -0.503. The first kappa shape index (κ1) is 15.9. The Morgan fingerprint density at radius 2 is 2.21 bits per heavy atom. The van der Waals surface area contributed by atoms with Gasteiger partial charge in [0.1, 0.15) is 12.4 Å². The van der Waals surface area contributed by atoms with Gasteiger partial charge in [0, 0.05) is 12.2 Å². The molecule has 0 saturated carbocycles. The zero-order valence-corrected chi connectivity index (χ0v) is 13.5. The smallest absolute Gasteiger partial charge is 0.410 e. The van der Waals surface area contributed by atoms with Crippen molar-refractivity contribution in [2.75, 3.05) is 19.0 Å². The largest absolute Gasteiger partial charge is 0.453 e. The molecule has 1 aromatic heterocycles. The normalized spacial score (nSPS) is 16.9. The highest BCUT2D eigenvalue weighted by Crippen LogP contribution is 2.22. The van der Waals surface area contributed by atoms with E-state index in [1.54, 1.807) is 10.7 Å². The molecule has 3 rings (SSSR count). The van der Waals surface area contributed by atoms with Crippen molar-refractivity contribution < 1.29 is 14.3 Å². The van der Waals surface area contributed by atoms with Gasteiger partial charge in [0.05, 0.1) is 12.8 Å². The Balaban J connectivity index is 1.73. The molecule has 126 valence electrons. The molecule has 2 heterocycles.